The zero-order valence-corrected chi connectivity index (χ0v) is 29.6. The molecular weight excluding hydrogens is 1010 g/mol. The highest BCUT2D eigenvalue weighted by Gasteiger charge is 2.31. The summed E-state index contributed by atoms with van der Waals surface area (Å²) in [5, 5.41) is 19.1. The lowest BCUT2D eigenvalue weighted by atomic mass is 10.1. The van der Waals surface area contributed by atoms with Crippen LogP contribution in [0.4, 0.5) is 0 Å². The minimum absolute atomic E-state index is 0.110. The molecule has 2 aromatic rings. The van der Waals surface area contributed by atoms with Crippen molar-refractivity contribution < 1.29 is 50.0 Å². The summed E-state index contributed by atoms with van der Waals surface area (Å²) in [5.74, 6) is -4.54. The van der Waals surface area contributed by atoms with Crippen LogP contribution in [0.3, 0.4) is 0 Å². The molecule has 0 atom stereocenters. The van der Waals surface area contributed by atoms with Gasteiger partial charge in [-0.15, -0.1) is 11.0 Å². The van der Waals surface area contributed by atoms with Gasteiger partial charge in [-0.05, 0) is 127 Å². The van der Waals surface area contributed by atoms with Crippen molar-refractivity contribution >= 4 is 151 Å². The second-order valence-corrected chi connectivity index (χ2v) is 12.7. The van der Waals surface area contributed by atoms with E-state index in [0.717, 1.165) is 11.0 Å². The number of benzene rings is 2. The van der Waals surface area contributed by atoms with Crippen LogP contribution in [0.25, 0.3) is 0 Å². The molecule has 18 heteroatoms. The number of hydroxylamine groups is 2. The van der Waals surface area contributed by atoms with E-state index >= 15 is 0 Å². The lowest BCUT2D eigenvalue weighted by molar-refractivity contribution is -0.923. The zero-order chi connectivity index (χ0) is 27.5. The Hall–Kier alpha value is 0.0800. The maximum absolute atomic E-state index is 12.6. The molecule has 2 aromatic carbocycles. The van der Waals surface area contributed by atoms with Crippen molar-refractivity contribution in [2.75, 3.05) is 13.1 Å². The fraction of sp³-hybridized carbons (Fsp3) is 0.111. The summed E-state index contributed by atoms with van der Waals surface area (Å²) in [7, 11) is 0. The Bertz CT molecular complexity index is 1190. The van der Waals surface area contributed by atoms with Crippen LogP contribution >= 0.6 is 127 Å². The third-order valence-corrected chi connectivity index (χ3v) is 13.7. The molecule has 0 aromatic heterocycles. The van der Waals surface area contributed by atoms with Crippen molar-refractivity contribution in [3.8, 4) is 0 Å². The number of aromatic carboxylic acids is 2. The van der Waals surface area contributed by atoms with Crippen molar-refractivity contribution in [1.29, 1.82) is 0 Å². The Kier molecular flexibility index (Phi) is 12.5. The van der Waals surface area contributed by atoms with Gasteiger partial charge >= 0.3 is 23.9 Å². The van der Waals surface area contributed by atoms with Gasteiger partial charge in [-0.2, -0.15) is 0 Å². The van der Waals surface area contributed by atoms with Crippen LogP contribution in [0.5, 0.6) is 0 Å². The van der Waals surface area contributed by atoms with E-state index in [1.165, 1.54) is 0 Å². The number of carboxylic acids is 2. The number of quaternary nitrogens is 2. The summed E-state index contributed by atoms with van der Waals surface area (Å²) in [6, 6.07) is 0. The lowest BCUT2D eigenvalue weighted by Gasteiger charge is -2.13. The number of carboxylic acid groups (broad SMARTS) is 2. The molecule has 0 amide bonds. The first-order chi connectivity index (χ1) is 16.7. The molecule has 6 N–H and O–H groups in total. The van der Waals surface area contributed by atoms with E-state index in [4.69, 9.17) is 9.68 Å². The standard InChI is InChI=1S/C18H8Br8N2O8/c19-7-3(15(29)30)5(9(21)13(25)11(7)23)17(33)35-27-1-2-28-36-18(34)6-4(16(31)32)8(20)12(24)14(26)10(6)22/h27-28H,1-2H2,(H,29,30)(H,31,32)/p+2. The Labute approximate surface area is 269 Å². The second-order valence-electron chi connectivity index (χ2n) is 6.34. The molecule has 0 unspecified atom stereocenters. The molecule has 0 saturated heterocycles. The van der Waals surface area contributed by atoms with Crippen LogP contribution in [-0.4, -0.2) is 47.2 Å². The van der Waals surface area contributed by atoms with Crippen molar-refractivity contribution in [3.05, 3.63) is 58.0 Å². The Balaban J connectivity index is 2.03. The van der Waals surface area contributed by atoms with Gasteiger partial charge in [-0.25, -0.2) is 19.2 Å². The predicted octanol–water partition coefficient (Wildman–Crippen LogP) is 5.15. The van der Waals surface area contributed by atoms with Crippen LogP contribution in [0.2, 0.25) is 0 Å². The number of carbonyl (C=O) groups excluding carboxylic acids is 2. The molecule has 0 bridgehead atoms. The largest absolute Gasteiger partial charge is 0.478 e. The molecule has 36 heavy (non-hydrogen) atoms. The maximum atomic E-state index is 12.6. The smallest absolute Gasteiger partial charge is 0.399 e. The van der Waals surface area contributed by atoms with Gasteiger partial charge in [0.2, 0.25) is 0 Å². The zero-order valence-electron chi connectivity index (χ0n) is 16.9. The molecule has 10 nitrogen and oxygen atoms in total. The summed E-state index contributed by atoms with van der Waals surface area (Å²) in [6.45, 7) is 0.219. The monoisotopic (exact) mass is 1010 g/mol. The molecule has 0 aliphatic heterocycles. The van der Waals surface area contributed by atoms with E-state index < -0.39 is 23.9 Å². The molecule has 0 fully saturated rings. The van der Waals surface area contributed by atoms with E-state index in [0.29, 0.717) is 17.9 Å². The molecule has 0 aliphatic carbocycles. The third kappa shape index (κ3) is 6.98. The van der Waals surface area contributed by atoms with Crippen LogP contribution < -0.4 is 11.0 Å². The average molecular weight is 1020 g/mol. The number of hydrogen-bond acceptors (Lipinski definition) is 6. The summed E-state index contributed by atoms with van der Waals surface area (Å²) in [5.41, 5.74) is 1.21. The molecule has 2 rings (SSSR count). The van der Waals surface area contributed by atoms with E-state index in [9.17, 15) is 29.4 Å². The fourth-order valence-corrected chi connectivity index (χ4v) is 7.47. The van der Waals surface area contributed by atoms with E-state index in [1.807, 2.05) is 0 Å². The van der Waals surface area contributed by atoms with Crippen LogP contribution in [0.1, 0.15) is 41.4 Å². The second kappa shape index (κ2) is 13.9. The van der Waals surface area contributed by atoms with Gasteiger partial charge in [0.05, 0.1) is 22.3 Å². The van der Waals surface area contributed by atoms with E-state index in [-0.39, 0.29) is 53.2 Å². The highest BCUT2D eigenvalue weighted by molar-refractivity contribution is 9.15. The number of rotatable bonds is 9. The van der Waals surface area contributed by atoms with Gasteiger partial charge in [0.15, 0.2) is 13.1 Å². The Morgan fingerprint density at radius 2 is 0.750 bits per heavy atom. The summed E-state index contributed by atoms with van der Waals surface area (Å²) >= 11 is 25.7. The number of carbonyl (C=O) groups is 4. The Morgan fingerprint density at radius 1 is 0.500 bits per heavy atom. The Morgan fingerprint density at radius 3 is 1.00 bits per heavy atom. The fourth-order valence-electron chi connectivity index (χ4n) is 2.57. The molecule has 0 saturated carbocycles. The molecule has 194 valence electrons. The van der Waals surface area contributed by atoms with Gasteiger partial charge in [-0.3, -0.25) is 9.68 Å². The van der Waals surface area contributed by atoms with Crippen molar-refractivity contribution in [2.45, 2.75) is 0 Å². The van der Waals surface area contributed by atoms with Crippen molar-refractivity contribution in [2.24, 2.45) is 0 Å². The first-order valence-electron chi connectivity index (χ1n) is 8.97. The van der Waals surface area contributed by atoms with Gasteiger partial charge in [0.1, 0.15) is 0 Å². The average Bonchev–Trinajstić information content (AvgIpc) is 2.81. The van der Waals surface area contributed by atoms with Crippen molar-refractivity contribution in [3.63, 3.8) is 0 Å². The highest BCUT2D eigenvalue weighted by Crippen LogP contribution is 2.43. The first-order valence-corrected chi connectivity index (χ1v) is 15.3. The summed E-state index contributed by atoms with van der Waals surface area (Å²) in [6.07, 6.45) is 0. The maximum Gasteiger partial charge on any atom is 0.399 e. The van der Waals surface area contributed by atoms with E-state index in [2.05, 4.69) is 127 Å². The normalized spacial score (nSPS) is 10.8. The van der Waals surface area contributed by atoms with Gasteiger partial charge in [0, 0.05) is 35.8 Å². The van der Waals surface area contributed by atoms with Gasteiger partial charge in [-0.1, -0.05) is 0 Å². The SMILES string of the molecule is O=C(O)c1c(Br)c(Br)c(Br)c(Br)c1C(=O)O[NH2+]CC[NH2+]OC(=O)c1c(Br)c(Br)c(Br)c(Br)c1C(=O)O. The highest BCUT2D eigenvalue weighted by atomic mass is 79.9. The number of nitrogens with two attached hydrogens (primary N) is 2. The molecule has 0 aliphatic rings. The van der Waals surface area contributed by atoms with Crippen LogP contribution in [0.15, 0.2) is 35.8 Å². The predicted molar refractivity (Wildman–Crippen MR) is 153 cm³/mol. The molecule has 0 heterocycles. The molecular formula is C18H10Br8N2O8+2. The van der Waals surface area contributed by atoms with Crippen LogP contribution in [0, 0.1) is 0 Å². The minimum Gasteiger partial charge on any atom is -0.478 e. The number of halogens is 8. The third-order valence-electron chi connectivity index (χ3n) is 4.15. The lowest BCUT2D eigenvalue weighted by Crippen LogP contribution is -2.94. The van der Waals surface area contributed by atoms with Crippen LogP contribution in [-0.2, 0) is 9.68 Å². The van der Waals surface area contributed by atoms with Crippen molar-refractivity contribution in [1.82, 2.24) is 0 Å². The summed E-state index contributed by atoms with van der Waals surface area (Å²) < 4.78 is 2.26. The quantitative estimate of drug-likeness (QED) is 0.116. The van der Waals surface area contributed by atoms with Gasteiger partial charge < -0.3 is 10.2 Å². The minimum atomic E-state index is -1.35. The summed E-state index contributed by atoms with van der Waals surface area (Å²) in [4.78, 5) is 58.7. The molecule has 0 radical (unpaired) electrons. The first kappa shape index (κ1) is 32.3. The molecule has 0 spiro atoms. The van der Waals surface area contributed by atoms with E-state index in [1.54, 1.807) is 0 Å². The number of hydrogen-bond donors (Lipinski definition) is 4. The van der Waals surface area contributed by atoms with Gasteiger partial charge in [0.25, 0.3) is 0 Å². The topological polar surface area (TPSA) is 160 Å².